The number of nitrogens with zero attached hydrogens (tertiary/aromatic N) is 2. The average Bonchev–Trinajstić information content (AvgIpc) is 2.52. The molecule has 2 amide bonds. The third-order valence-electron chi connectivity index (χ3n) is 3.16. The topological polar surface area (TPSA) is 77.3 Å². The van der Waals surface area contributed by atoms with Crippen molar-refractivity contribution >= 4 is 12.2 Å². The fourth-order valence-corrected chi connectivity index (χ4v) is 1.87. The molecule has 0 spiro atoms. The van der Waals surface area contributed by atoms with E-state index < -0.39 is 12.2 Å². The van der Waals surface area contributed by atoms with E-state index in [0.29, 0.717) is 13.2 Å². The van der Waals surface area contributed by atoms with Crippen molar-refractivity contribution in [2.45, 2.75) is 78.1 Å². The molecule has 0 rings (SSSR count). The molecule has 6 heteroatoms. The lowest BCUT2D eigenvalue weighted by Gasteiger charge is -2.01. The third-order valence-corrected chi connectivity index (χ3v) is 3.16. The predicted octanol–water partition coefficient (Wildman–Crippen LogP) is 5.65. The Labute approximate surface area is 133 Å². The van der Waals surface area contributed by atoms with Gasteiger partial charge in [0.25, 0.3) is 0 Å². The first-order chi connectivity index (χ1) is 10.7. The van der Waals surface area contributed by atoms with Gasteiger partial charge in [0.05, 0.1) is 13.2 Å². The number of ether oxygens (including phenoxy) is 2. The maximum atomic E-state index is 11.2. The maximum absolute atomic E-state index is 11.2. The summed E-state index contributed by atoms with van der Waals surface area (Å²) >= 11 is 0. The van der Waals surface area contributed by atoms with Crippen LogP contribution in [-0.4, -0.2) is 25.4 Å². The number of hydrogen-bond acceptors (Lipinski definition) is 4. The molecular formula is C16H30N2O4. The van der Waals surface area contributed by atoms with Gasteiger partial charge in [0.1, 0.15) is 0 Å². The van der Waals surface area contributed by atoms with Crippen LogP contribution in [0.1, 0.15) is 78.1 Å². The summed E-state index contributed by atoms with van der Waals surface area (Å²) < 4.78 is 9.66. The Morgan fingerprint density at radius 1 is 0.636 bits per heavy atom. The van der Waals surface area contributed by atoms with Crippen LogP contribution in [0.15, 0.2) is 10.2 Å². The van der Waals surface area contributed by atoms with Gasteiger partial charge in [0.15, 0.2) is 0 Å². The van der Waals surface area contributed by atoms with Crippen molar-refractivity contribution in [2.75, 3.05) is 13.2 Å². The summed E-state index contributed by atoms with van der Waals surface area (Å²) in [4.78, 5) is 22.4. The van der Waals surface area contributed by atoms with Crippen LogP contribution >= 0.6 is 0 Å². The first-order valence-electron chi connectivity index (χ1n) is 8.46. The molecule has 0 aromatic heterocycles. The van der Waals surface area contributed by atoms with Gasteiger partial charge in [-0.3, -0.25) is 0 Å². The summed E-state index contributed by atoms with van der Waals surface area (Å²) in [5.74, 6) is 0. The lowest BCUT2D eigenvalue weighted by molar-refractivity contribution is 0.143. The zero-order chi connectivity index (χ0) is 16.5. The third kappa shape index (κ3) is 14.9. The fraction of sp³-hybridized carbons (Fsp3) is 0.875. The number of hydrogen-bond donors (Lipinski definition) is 0. The van der Waals surface area contributed by atoms with E-state index in [2.05, 4.69) is 24.1 Å². The van der Waals surface area contributed by atoms with E-state index in [0.717, 1.165) is 44.9 Å². The summed E-state index contributed by atoms with van der Waals surface area (Å²) in [6, 6.07) is 0. The van der Waals surface area contributed by atoms with Crippen LogP contribution in [-0.2, 0) is 9.47 Å². The second-order valence-electron chi connectivity index (χ2n) is 5.26. The maximum Gasteiger partial charge on any atom is 0.452 e. The minimum atomic E-state index is -0.840. The molecule has 0 saturated carbocycles. The van der Waals surface area contributed by atoms with Crippen molar-refractivity contribution < 1.29 is 19.1 Å². The monoisotopic (exact) mass is 314 g/mol. The highest BCUT2D eigenvalue weighted by Crippen LogP contribution is 2.05. The molecule has 0 aromatic rings. The van der Waals surface area contributed by atoms with E-state index in [4.69, 9.17) is 9.47 Å². The zero-order valence-electron chi connectivity index (χ0n) is 14.0. The van der Waals surface area contributed by atoms with Gasteiger partial charge < -0.3 is 9.47 Å². The molecule has 0 bridgehead atoms. The van der Waals surface area contributed by atoms with Crippen LogP contribution < -0.4 is 0 Å². The number of carbonyl (C=O) groups is 2. The summed E-state index contributed by atoms with van der Waals surface area (Å²) in [7, 11) is 0. The molecule has 0 aromatic carbocycles. The van der Waals surface area contributed by atoms with E-state index >= 15 is 0 Å². The highest BCUT2D eigenvalue weighted by atomic mass is 16.6. The van der Waals surface area contributed by atoms with Gasteiger partial charge in [-0.05, 0) is 12.8 Å². The number of rotatable bonds is 12. The van der Waals surface area contributed by atoms with Gasteiger partial charge >= 0.3 is 12.2 Å². The number of carbonyl (C=O) groups excluding carboxylic acids is 2. The van der Waals surface area contributed by atoms with Gasteiger partial charge in [0.2, 0.25) is 0 Å². The summed E-state index contributed by atoms with van der Waals surface area (Å²) in [6.45, 7) is 4.90. The van der Waals surface area contributed by atoms with E-state index in [-0.39, 0.29) is 0 Å². The molecule has 0 fully saturated rings. The molecule has 0 unspecified atom stereocenters. The molecule has 0 aliphatic heterocycles. The minimum Gasteiger partial charge on any atom is -0.447 e. The smallest absolute Gasteiger partial charge is 0.447 e. The molecule has 0 aliphatic carbocycles. The molecule has 0 radical (unpaired) electrons. The normalized spacial score (nSPS) is 10.8. The Bertz CT molecular complexity index is 319. The first-order valence-corrected chi connectivity index (χ1v) is 8.46. The molecule has 22 heavy (non-hydrogen) atoms. The average molecular weight is 314 g/mol. The van der Waals surface area contributed by atoms with Crippen LogP contribution in [0.5, 0.6) is 0 Å². The van der Waals surface area contributed by atoms with Crippen molar-refractivity contribution in [2.24, 2.45) is 10.2 Å². The fourth-order valence-electron chi connectivity index (χ4n) is 1.87. The quantitative estimate of drug-likeness (QED) is 0.344. The molecule has 128 valence electrons. The van der Waals surface area contributed by atoms with E-state index in [1.54, 1.807) is 0 Å². The summed E-state index contributed by atoms with van der Waals surface area (Å²) in [5.41, 5.74) is 0. The van der Waals surface area contributed by atoms with Gasteiger partial charge in [-0.25, -0.2) is 9.59 Å². The number of azo groups is 1. The second-order valence-corrected chi connectivity index (χ2v) is 5.26. The standard InChI is InChI=1S/C16H30N2O4/c1-3-5-7-9-10-12-14-22-16(20)18-17-15(19)21-13-11-8-6-4-2/h3-14H2,1-2H3/b18-17+. The molecule has 0 aliphatic rings. The Balaban J connectivity index is 3.50. The van der Waals surface area contributed by atoms with Crippen LogP contribution in [0.3, 0.4) is 0 Å². The molecule has 0 saturated heterocycles. The van der Waals surface area contributed by atoms with Crippen LogP contribution in [0.4, 0.5) is 9.59 Å². The highest BCUT2D eigenvalue weighted by Gasteiger charge is 2.03. The molecular weight excluding hydrogens is 284 g/mol. The zero-order valence-corrected chi connectivity index (χ0v) is 14.0. The van der Waals surface area contributed by atoms with Crippen LogP contribution in [0.2, 0.25) is 0 Å². The lowest BCUT2D eigenvalue weighted by Crippen LogP contribution is -2.03. The molecule has 6 nitrogen and oxygen atoms in total. The lowest BCUT2D eigenvalue weighted by atomic mass is 10.1. The van der Waals surface area contributed by atoms with Crippen molar-refractivity contribution in [3.05, 3.63) is 0 Å². The van der Waals surface area contributed by atoms with Crippen molar-refractivity contribution in [1.29, 1.82) is 0 Å². The van der Waals surface area contributed by atoms with Crippen LogP contribution in [0, 0.1) is 0 Å². The Morgan fingerprint density at radius 3 is 1.45 bits per heavy atom. The van der Waals surface area contributed by atoms with Crippen molar-refractivity contribution in [1.82, 2.24) is 0 Å². The minimum absolute atomic E-state index is 0.310. The summed E-state index contributed by atoms with van der Waals surface area (Å²) in [5, 5.41) is 6.35. The SMILES string of the molecule is CCCCCCCCOC(=O)/N=N/C(=O)OCCCCCC. The van der Waals surface area contributed by atoms with Gasteiger partial charge in [-0.15, -0.1) is 0 Å². The number of unbranched alkanes of at least 4 members (excludes halogenated alkanes) is 8. The Morgan fingerprint density at radius 2 is 1.00 bits per heavy atom. The largest absolute Gasteiger partial charge is 0.452 e. The first kappa shape index (κ1) is 20.5. The second kappa shape index (κ2) is 15.9. The molecule has 0 N–H and O–H groups in total. The van der Waals surface area contributed by atoms with E-state index in [1.807, 2.05) is 0 Å². The van der Waals surface area contributed by atoms with E-state index in [9.17, 15) is 9.59 Å². The van der Waals surface area contributed by atoms with Crippen molar-refractivity contribution in [3.8, 4) is 0 Å². The highest BCUT2D eigenvalue weighted by molar-refractivity contribution is 5.73. The van der Waals surface area contributed by atoms with Gasteiger partial charge in [0, 0.05) is 0 Å². The van der Waals surface area contributed by atoms with Gasteiger partial charge in [-0.1, -0.05) is 75.4 Å². The summed E-state index contributed by atoms with van der Waals surface area (Å²) in [6.07, 6.45) is 9.05. The predicted molar refractivity (Wildman–Crippen MR) is 85.1 cm³/mol. The molecule has 0 heterocycles. The van der Waals surface area contributed by atoms with Crippen LogP contribution in [0.25, 0.3) is 0 Å². The molecule has 0 atom stereocenters. The van der Waals surface area contributed by atoms with Crippen molar-refractivity contribution in [3.63, 3.8) is 0 Å². The van der Waals surface area contributed by atoms with Gasteiger partial charge in [-0.2, -0.15) is 0 Å². The Kier molecular flexibility index (Phi) is 14.9. The van der Waals surface area contributed by atoms with E-state index in [1.165, 1.54) is 19.3 Å². The Hall–Kier alpha value is -1.46. The number of amides is 2.